The lowest BCUT2D eigenvalue weighted by molar-refractivity contribution is -0.137. The van der Waals surface area contributed by atoms with Gasteiger partial charge in [-0.1, -0.05) is 17.7 Å². The average Bonchev–Trinajstić information content (AvgIpc) is 3.61. The molecule has 1 aliphatic carbocycles. The first-order valence-electron chi connectivity index (χ1n) is 11.0. The molecular formula is C24H18ClF3N4O4S. The summed E-state index contributed by atoms with van der Waals surface area (Å²) >= 11 is 6.14. The van der Waals surface area contributed by atoms with Crippen molar-refractivity contribution in [2.75, 3.05) is 4.31 Å². The number of aromatic carboxylic acids is 1. The molecule has 1 saturated carbocycles. The van der Waals surface area contributed by atoms with Gasteiger partial charge in [0.25, 0.3) is 10.0 Å². The zero-order valence-electron chi connectivity index (χ0n) is 18.9. The summed E-state index contributed by atoms with van der Waals surface area (Å²) in [5.41, 5.74) is 0.148. The Hall–Kier alpha value is -3.64. The smallest absolute Gasteiger partial charge is 0.417 e. The minimum atomic E-state index is -4.72. The molecule has 1 fully saturated rings. The van der Waals surface area contributed by atoms with Crippen molar-refractivity contribution in [1.82, 2.24) is 14.8 Å². The molecule has 0 radical (unpaired) electrons. The van der Waals surface area contributed by atoms with Crippen molar-refractivity contribution in [1.29, 1.82) is 0 Å². The quantitative estimate of drug-likeness (QED) is 0.324. The van der Waals surface area contributed by atoms with Crippen LogP contribution < -0.4 is 4.31 Å². The second-order valence-corrected chi connectivity index (χ2v) is 10.9. The fourth-order valence-corrected chi connectivity index (χ4v) is 5.66. The highest BCUT2D eigenvalue weighted by Crippen LogP contribution is 2.38. The number of halogens is 4. The third-order valence-corrected chi connectivity index (χ3v) is 7.98. The largest absolute Gasteiger partial charge is 0.478 e. The van der Waals surface area contributed by atoms with Crippen LogP contribution in [0, 0.1) is 0 Å². The molecule has 2 heterocycles. The van der Waals surface area contributed by atoms with Crippen molar-refractivity contribution in [2.45, 2.75) is 36.5 Å². The molecule has 4 aromatic rings. The maximum absolute atomic E-state index is 13.7. The number of alkyl halides is 3. The van der Waals surface area contributed by atoms with E-state index >= 15 is 0 Å². The summed E-state index contributed by atoms with van der Waals surface area (Å²) in [6, 6.07) is 10.7. The number of hydrogen-bond donors (Lipinski definition) is 1. The summed E-state index contributed by atoms with van der Waals surface area (Å²) in [7, 11) is -4.43. The highest BCUT2D eigenvalue weighted by atomic mass is 35.5. The van der Waals surface area contributed by atoms with Gasteiger partial charge in [0.1, 0.15) is 0 Å². The molecule has 0 atom stereocenters. The number of fused-ring (bicyclic) bond motifs is 1. The van der Waals surface area contributed by atoms with Crippen molar-refractivity contribution in [3.63, 3.8) is 0 Å². The van der Waals surface area contributed by atoms with Crippen LogP contribution in [0.5, 0.6) is 0 Å². The van der Waals surface area contributed by atoms with Crippen LogP contribution in [-0.4, -0.2) is 34.3 Å². The summed E-state index contributed by atoms with van der Waals surface area (Å²) in [5.74, 6) is -1.64. The van der Waals surface area contributed by atoms with Gasteiger partial charge in [-0.3, -0.25) is 4.68 Å². The minimum absolute atomic E-state index is 0.130. The molecule has 13 heteroatoms. The molecular weight excluding hydrogens is 533 g/mol. The Morgan fingerprint density at radius 3 is 2.41 bits per heavy atom. The summed E-state index contributed by atoms with van der Waals surface area (Å²) in [6.07, 6.45) is -0.477. The molecule has 8 nitrogen and oxygen atoms in total. The number of hydrogen-bond acceptors (Lipinski definition) is 5. The number of carboxylic acids is 1. The van der Waals surface area contributed by atoms with E-state index in [-0.39, 0.29) is 17.0 Å². The van der Waals surface area contributed by atoms with Crippen molar-refractivity contribution < 1.29 is 31.5 Å². The van der Waals surface area contributed by atoms with Crippen LogP contribution in [0.4, 0.5) is 19.0 Å². The second kappa shape index (κ2) is 9.03. The maximum atomic E-state index is 13.7. The Bertz CT molecular complexity index is 1620. The molecule has 37 heavy (non-hydrogen) atoms. The third-order valence-electron chi connectivity index (χ3n) is 5.95. The molecule has 0 spiro atoms. The fraction of sp³-hybridized carbons (Fsp3) is 0.208. The average molecular weight is 551 g/mol. The lowest BCUT2D eigenvalue weighted by Gasteiger charge is -2.25. The summed E-state index contributed by atoms with van der Waals surface area (Å²) < 4.78 is 69.6. The number of benzene rings is 2. The van der Waals surface area contributed by atoms with Crippen LogP contribution in [0.1, 0.15) is 40.4 Å². The molecule has 0 unspecified atom stereocenters. The number of pyridine rings is 1. The van der Waals surface area contributed by atoms with Gasteiger partial charge in [-0.2, -0.15) is 18.3 Å². The van der Waals surface area contributed by atoms with Gasteiger partial charge in [0, 0.05) is 11.6 Å². The van der Waals surface area contributed by atoms with Gasteiger partial charge in [-0.05, 0) is 60.9 Å². The predicted octanol–water partition coefficient (Wildman–Crippen LogP) is 5.53. The normalized spacial score (nSPS) is 14.2. The van der Waals surface area contributed by atoms with E-state index in [2.05, 4.69) is 10.1 Å². The number of rotatable bonds is 7. The highest BCUT2D eigenvalue weighted by Gasteiger charge is 2.34. The van der Waals surface area contributed by atoms with E-state index < -0.39 is 38.6 Å². The van der Waals surface area contributed by atoms with Gasteiger partial charge in [0.05, 0.1) is 45.3 Å². The van der Waals surface area contributed by atoms with Crippen LogP contribution in [0.15, 0.2) is 65.8 Å². The monoisotopic (exact) mass is 550 g/mol. The Morgan fingerprint density at radius 1 is 1.11 bits per heavy atom. The summed E-state index contributed by atoms with van der Waals surface area (Å²) in [5, 5.41) is 13.8. The third kappa shape index (κ3) is 4.86. The first-order chi connectivity index (χ1) is 17.4. The zero-order valence-corrected chi connectivity index (χ0v) is 20.4. The lowest BCUT2D eigenvalue weighted by Crippen LogP contribution is -2.32. The molecule has 0 amide bonds. The van der Waals surface area contributed by atoms with Crippen molar-refractivity contribution in [3.8, 4) is 0 Å². The molecule has 0 aliphatic heterocycles. The van der Waals surface area contributed by atoms with E-state index in [9.17, 15) is 26.4 Å². The van der Waals surface area contributed by atoms with Gasteiger partial charge < -0.3 is 5.11 Å². The number of anilines is 1. The molecule has 192 valence electrons. The SMILES string of the molecule is O=C(O)c1ccc(S(=O)(=O)N(Cc2ccc3c(cnn3C3CC3)c2)c2ncc(C(F)(F)F)cc2Cl)cc1. The minimum Gasteiger partial charge on any atom is -0.478 e. The molecule has 0 saturated heterocycles. The first-order valence-corrected chi connectivity index (χ1v) is 12.8. The number of carbonyl (C=O) groups is 1. The number of carboxylic acid groups (broad SMARTS) is 1. The predicted molar refractivity (Wildman–Crippen MR) is 129 cm³/mol. The molecule has 0 bridgehead atoms. The topological polar surface area (TPSA) is 105 Å². The maximum Gasteiger partial charge on any atom is 0.417 e. The summed E-state index contributed by atoms with van der Waals surface area (Å²) in [6.45, 7) is -0.300. The highest BCUT2D eigenvalue weighted by molar-refractivity contribution is 7.92. The van der Waals surface area contributed by atoms with Crippen LogP contribution in [0.25, 0.3) is 10.9 Å². The fourth-order valence-electron chi connectivity index (χ4n) is 3.92. The van der Waals surface area contributed by atoms with Gasteiger partial charge in [0.15, 0.2) is 5.82 Å². The molecule has 1 aliphatic rings. The van der Waals surface area contributed by atoms with E-state index in [1.54, 1.807) is 18.3 Å². The number of aromatic nitrogens is 3. The Labute approximate surface area is 214 Å². The zero-order chi connectivity index (χ0) is 26.5. The van der Waals surface area contributed by atoms with E-state index in [0.29, 0.717) is 23.9 Å². The number of nitrogens with zero attached hydrogens (tertiary/aromatic N) is 4. The molecule has 2 aromatic heterocycles. The van der Waals surface area contributed by atoms with E-state index in [1.165, 1.54) is 0 Å². The van der Waals surface area contributed by atoms with Gasteiger partial charge in [-0.15, -0.1) is 0 Å². The van der Waals surface area contributed by atoms with Crippen molar-refractivity contribution >= 4 is 44.3 Å². The molecule has 5 rings (SSSR count). The standard InChI is InChI=1S/C24H18ClF3N4O4S/c25-20-10-17(24(26,27)28)12-29-22(20)31(37(35,36)19-6-2-15(3-7-19)23(33)34)13-14-1-8-21-16(9-14)11-30-32(21)18-4-5-18/h1-3,6-12,18H,4-5,13H2,(H,33,34). The summed E-state index contributed by atoms with van der Waals surface area (Å²) in [4.78, 5) is 14.7. The lowest BCUT2D eigenvalue weighted by atomic mass is 10.1. The van der Waals surface area contributed by atoms with Crippen molar-refractivity contribution in [3.05, 3.63) is 82.6 Å². The first kappa shape index (κ1) is 25.0. The second-order valence-electron chi connectivity index (χ2n) is 8.58. The van der Waals surface area contributed by atoms with E-state index in [4.69, 9.17) is 16.7 Å². The number of sulfonamides is 1. The van der Waals surface area contributed by atoms with Crippen LogP contribution in [0.2, 0.25) is 5.02 Å². The van der Waals surface area contributed by atoms with Crippen LogP contribution in [0.3, 0.4) is 0 Å². The molecule has 2 aromatic carbocycles. The Balaban J connectivity index is 1.58. The van der Waals surface area contributed by atoms with Crippen molar-refractivity contribution in [2.24, 2.45) is 0 Å². The molecule has 1 N–H and O–H groups in total. The van der Waals surface area contributed by atoms with Crippen LogP contribution in [-0.2, 0) is 22.7 Å². The van der Waals surface area contributed by atoms with Gasteiger partial charge in [-0.25, -0.2) is 22.5 Å². The van der Waals surface area contributed by atoms with Crippen LogP contribution >= 0.6 is 11.6 Å². The van der Waals surface area contributed by atoms with Gasteiger partial charge >= 0.3 is 12.1 Å². The van der Waals surface area contributed by atoms with E-state index in [0.717, 1.165) is 52.3 Å². The Kier molecular flexibility index (Phi) is 6.11. The van der Waals surface area contributed by atoms with Gasteiger partial charge in [0.2, 0.25) is 0 Å². The Morgan fingerprint density at radius 2 is 1.81 bits per heavy atom. The van der Waals surface area contributed by atoms with E-state index in [1.807, 2.05) is 10.7 Å².